The Morgan fingerprint density at radius 3 is 2.55 bits per heavy atom. The average molecular weight is 443 g/mol. The van der Waals surface area contributed by atoms with Gasteiger partial charge in [-0.2, -0.15) is 0 Å². The SMILES string of the molecule is CC(C)(C)OC(=O)N1CCCC(C(=O)N2CCC(c3cccs3)S(=O)(=O)CC2)C1. The second-order valence-electron chi connectivity index (χ2n) is 8.75. The van der Waals surface area contributed by atoms with Crippen molar-refractivity contribution in [3.05, 3.63) is 22.4 Å². The van der Waals surface area contributed by atoms with E-state index in [1.165, 1.54) is 11.3 Å². The van der Waals surface area contributed by atoms with Crippen molar-refractivity contribution < 1.29 is 22.7 Å². The van der Waals surface area contributed by atoms with Gasteiger partial charge in [-0.1, -0.05) is 6.07 Å². The fourth-order valence-corrected chi connectivity index (χ4v) is 6.89. The zero-order chi connectivity index (χ0) is 21.2. The Labute approximate surface area is 176 Å². The number of hydrogen-bond donors (Lipinski definition) is 0. The summed E-state index contributed by atoms with van der Waals surface area (Å²) in [6.07, 6.45) is 1.46. The highest BCUT2D eigenvalue weighted by Gasteiger charge is 2.37. The highest BCUT2D eigenvalue weighted by Crippen LogP contribution is 2.33. The van der Waals surface area contributed by atoms with E-state index in [1.807, 2.05) is 38.3 Å². The van der Waals surface area contributed by atoms with Crippen molar-refractivity contribution in [1.82, 2.24) is 9.80 Å². The molecular weight excluding hydrogens is 412 g/mol. The molecule has 0 aromatic carbocycles. The fraction of sp³-hybridized carbons (Fsp3) is 0.700. The molecule has 0 spiro atoms. The molecule has 162 valence electrons. The lowest BCUT2D eigenvalue weighted by atomic mass is 9.96. The van der Waals surface area contributed by atoms with Gasteiger partial charge in [0.1, 0.15) is 5.60 Å². The summed E-state index contributed by atoms with van der Waals surface area (Å²) < 4.78 is 30.9. The molecule has 29 heavy (non-hydrogen) atoms. The molecule has 0 N–H and O–H groups in total. The fourth-order valence-electron chi connectivity index (χ4n) is 3.89. The zero-order valence-corrected chi connectivity index (χ0v) is 18.9. The molecule has 0 bridgehead atoms. The van der Waals surface area contributed by atoms with Crippen molar-refractivity contribution in [2.45, 2.75) is 50.9 Å². The van der Waals surface area contributed by atoms with Gasteiger partial charge >= 0.3 is 6.09 Å². The number of hydrogen-bond acceptors (Lipinski definition) is 6. The van der Waals surface area contributed by atoms with Crippen molar-refractivity contribution in [1.29, 1.82) is 0 Å². The molecule has 9 heteroatoms. The Hall–Kier alpha value is -1.61. The predicted octanol–water partition coefficient (Wildman–Crippen LogP) is 3.08. The number of likely N-dealkylation sites (tertiary alicyclic amines) is 1. The second kappa shape index (κ2) is 8.63. The number of rotatable bonds is 2. The lowest BCUT2D eigenvalue weighted by molar-refractivity contribution is -0.136. The maximum atomic E-state index is 13.1. The summed E-state index contributed by atoms with van der Waals surface area (Å²) in [5, 5.41) is 1.34. The van der Waals surface area contributed by atoms with Crippen LogP contribution in [-0.2, 0) is 19.4 Å². The minimum atomic E-state index is -3.29. The van der Waals surface area contributed by atoms with Crippen LogP contribution in [-0.4, -0.2) is 67.8 Å². The van der Waals surface area contributed by atoms with Crippen LogP contribution in [0, 0.1) is 5.92 Å². The van der Waals surface area contributed by atoms with Crippen LogP contribution in [0.4, 0.5) is 4.79 Å². The molecule has 3 heterocycles. The molecule has 0 radical (unpaired) electrons. The number of sulfone groups is 1. The van der Waals surface area contributed by atoms with Crippen LogP contribution in [0.25, 0.3) is 0 Å². The van der Waals surface area contributed by atoms with Gasteiger partial charge in [0.25, 0.3) is 0 Å². The summed E-state index contributed by atoms with van der Waals surface area (Å²) in [4.78, 5) is 29.6. The smallest absolute Gasteiger partial charge is 0.410 e. The minimum Gasteiger partial charge on any atom is -0.444 e. The lowest BCUT2D eigenvalue weighted by Gasteiger charge is -2.35. The zero-order valence-electron chi connectivity index (χ0n) is 17.3. The summed E-state index contributed by atoms with van der Waals surface area (Å²) in [7, 11) is -3.29. The third-order valence-corrected chi connectivity index (χ3v) is 8.58. The van der Waals surface area contributed by atoms with Gasteiger partial charge in [0.05, 0.1) is 16.9 Å². The van der Waals surface area contributed by atoms with Gasteiger partial charge in [-0.3, -0.25) is 4.79 Å². The van der Waals surface area contributed by atoms with Crippen LogP contribution in [0.15, 0.2) is 17.5 Å². The van der Waals surface area contributed by atoms with Gasteiger partial charge in [0, 0.05) is 31.1 Å². The highest BCUT2D eigenvalue weighted by atomic mass is 32.2. The number of carbonyl (C=O) groups excluding carboxylic acids is 2. The molecule has 3 rings (SSSR count). The van der Waals surface area contributed by atoms with E-state index in [0.717, 1.165) is 11.3 Å². The Bertz CT molecular complexity index is 830. The summed E-state index contributed by atoms with van der Waals surface area (Å²) in [6.45, 7) is 6.99. The van der Waals surface area contributed by atoms with E-state index in [-0.39, 0.29) is 24.1 Å². The Morgan fingerprint density at radius 1 is 1.14 bits per heavy atom. The van der Waals surface area contributed by atoms with E-state index in [2.05, 4.69) is 0 Å². The standard InChI is InChI=1S/C20H30N2O5S2/c1-20(2,3)27-19(24)22-9-4-6-15(14-22)18(23)21-10-8-17(16-7-5-12-28-16)29(25,26)13-11-21/h5,7,12,15,17H,4,6,8-11,13-14H2,1-3H3. The maximum Gasteiger partial charge on any atom is 0.410 e. The molecule has 2 fully saturated rings. The first-order valence-electron chi connectivity index (χ1n) is 10.1. The van der Waals surface area contributed by atoms with Crippen molar-refractivity contribution >= 4 is 33.2 Å². The predicted molar refractivity (Wildman–Crippen MR) is 113 cm³/mol. The van der Waals surface area contributed by atoms with Gasteiger partial charge < -0.3 is 14.5 Å². The van der Waals surface area contributed by atoms with Gasteiger partial charge in [-0.15, -0.1) is 11.3 Å². The first kappa shape index (κ1) is 22.1. The molecule has 2 aliphatic rings. The summed E-state index contributed by atoms with van der Waals surface area (Å²) in [6, 6.07) is 3.71. The number of ether oxygens (including phenoxy) is 1. The summed E-state index contributed by atoms with van der Waals surface area (Å²) in [5.74, 6) is -0.387. The molecule has 2 atom stereocenters. The molecule has 2 aliphatic heterocycles. The van der Waals surface area contributed by atoms with Crippen LogP contribution in [0.2, 0.25) is 0 Å². The molecule has 7 nitrogen and oxygen atoms in total. The van der Waals surface area contributed by atoms with Crippen LogP contribution >= 0.6 is 11.3 Å². The topological polar surface area (TPSA) is 84.0 Å². The molecule has 2 unspecified atom stereocenters. The van der Waals surface area contributed by atoms with E-state index in [4.69, 9.17) is 4.74 Å². The van der Waals surface area contributed by atoms with E-state index < -0.39 is 26.8 Å². The Morgan fingerprint density at radius 2 is 1.90 bits per heavy atom. The lowest BCUT2D eigenvalue weighted by Crippen LogP contribution is -2.48. The highest BCUT2D eigenvalue weighted by molar-refractivity contribution is 7.91. The molecular formula is C20H30N2O5S2. The number of amides is 2. The van der Waals surface area contributed by atoms with Crippen molar-refractivity contribution in [2.75, 3.05) is 31.9 Å². The van der Waals surface area contributed by atoms with Crippen molar-refractivity contribution in [3.8, 4) is 0 Å². The number of nitrogens with zero attached hydrogens (tertiary/aromatic N) is 2. The van der Waals surface area contributed by atoms with E-state index in [0.29, 0.717) is 32.5 Å². The second-order valence-corrected chi connectivity index (χ2v) is 12.0. The maximum absolute atomic E-state index is 13.1. The average Bonchev–Trinajstić information content (AvgIpc) is 3.11. The molecule has 2 amide bonds. The van der Waals surface area contributed by atoms with Crippen LogP contribution in [0.3, 0.4) is 0 Å². The van der Waals surface area contributed by atoms with Crippen molar-refractivity contribution in [2.24, 2.45) is 5.92 Å². The minimum absolute atomic E-state index is 0.0240. The van der Waals surface area contributed by atoms with Crippen LogP contribution in [0.5, 0.6) is 0 Å². The number of carbonyl (C=O) groups is 2. The number of thiophene rings is 1. The first-order valence-corrected chi connectivity index (χ1v) is 12.7. The first-order chi connectivity index (χ1) is 13.6. The molecule has 1 aromatic rings. The molecule has 1 aromatic heterocycles. The van der Waals surface area contributed by atoms with Crippen LogP contribution < -0.4 is 0 Å². The van der Waals surface area contributed by atoms with E-state index in [9.17, 15) is 18.0 Å². The monoisotopic (exact) mass is 442 g/mol. The molecule has 2 saturated heterocycles. The number of piperidine rings is 1. The quantitative estimate of drug-likeness (QED) is 0.703. The Kier molecular flexibility index (Phi) is 6.57. The third-order valence-electron chi connectivity index (χ3n) is 5.33. The third kappa shape index (κ3) is 5.51. The van der Waals surface area contributed by atoms with Crippen LogP contribution in [0.1, 0.15) is 50.2 Å². The van der Waals surface area contributed by atoms with Gasteiger partial charge in [-0.05, 0) is 51.5 Å². The normalized spacial score (nSPS) is 25.3. The Balaban J connectivity index is 1.65. The largest absolute Gasteiger partial charge is 0.444 e. The van der Waals surface area contributed by atoms with Gasteiger partial charge in [-0.25, -0.2) is 13.2 Å². The van der Waals surface area contributed by atoms with E-state index >= 15 is 0 Å². The van der Waals surface area contributed by atoms with E-state index in [1.54, 1.807) is 9.80 Å². The summed E-state index contributed by atoms with van der Waals surface area (Å²) in [5.41, 5.74) is -0.579. The molecule has 0 saturated carbocycles. The summed E-state index contributed by atoms with van der Waals surface area (Å²) >= 11 is 1.45. The molecule has 0 aliphatic carbocycles. The van der Waals surface area contributed by atoms with Crippen molar-refractivity contribution in [3.63, 3.8) is 0 Å². The van der Waals surface area contributed by atoms with Gasteiger partial charge in [0.2, 0.25) is 5.91 Å². The van der Waals surface area contributed by atoms with Gasteiger partial charge in [0.15, 0.2) is 9.84 Å².